The molecular formula is C14H16N2O3S. The first-order valence-corrected chi connectivity index (χ1v) is 7.02. The summed E-state index contributed by atoms with van der Waals surface area (Å²) in [6.07, 6.45) is 0. The monoisotopic (exact) mass is 292 g/mol. The zero-order valence-electron chi connectivity index (χ0n) is 11.3. The number of hydrogen-bond acceptors (Lipinski definition) is 5. The molecule has 2 aromatic rings. The highest BCUT2D eigenvalue weighted by molar-refractivity contribution is 7.09. The SMILES string of the molecule is COc1ccc(NC(=O)C(C)c2nc(CO)cs2)cc1. The van der Waals surface area contributed by atoms with Crippen molar-refractivity contribution in [3.63, 3.8) is 0 Å². The zero-order valence-corrected chi connectivity index (χ0v) is 12.1. The van der Waals surface area contributed by atoms with Crippen molar-refractivity contribution >= 4 is 22.9 Å². The summed E-state index contributed by atoms with van der Waals surface area (Å²) in [6, 6.07) is 7.13. The highest BCUT2D eigenvalue weighted by Crippen LogP contribution is 2.22. The number of thiazole rings is 1. The van der Waals surface area contributed by atoms with Gasteiger partial charge in [-0.05, 0) is 31.2 Å². The Morgan fingerprint density at radius 3 is 2.70 bits per heavy atom. The Labute approximate surface area is 121 Å². The van der Waals surface area contributed by atoms with Gasteiger partial charge in [-0.3, -0.25) is 4.79 Å². The van der Waals surface area contributed by atoms with Gasteiger partial charge < -0.3 is 15.2 Å². The van der Waals surface area contributed by atoms with Crippen LogP contribution in [0, 0.1) is 0 Å². The minimum atomic E-state index is -0.359. The zero-order chi connectivity index (χ0) is 14.5. The number of hydrogen-bond donors (Lipinski definition) is 2. The van der Waals surface area contributed by atoms with Crippen molar-refractivity contribution in [3.05, 3.63) is 40.3 Å². The van der Waals surface area contributed by atoms with Gasteiger partial charge in [-0.15, -0.1) is 11.3 Å². The number of methoxy groups -OCH3 is 1. The first-order chi connectivity index (χ1) is 9.63. The normalized spacial score (nSPS) is 11.9. The molecule has 0 saturated heterocycles. The third kappa shape index (κ3) is 3.34. The Hall–Kier alpha value is -1.92. The Balaban J connectivity index is 2.02. The van der Waals surface area contributed by atoms with Crippen molar-refractivity contribution in [2.45, 2.75) is 19.4 Å². The number of nitrogens with zero attached hydrogens (tertiary/aromatic N) is 1. The van der Waals surface area contributed by atoms with Gasteiger partial charge in [-0.2, -0.15) is 0 Å². The molecule has 0 spiro atoms. The molecule has 20 heavy (non-hydrogen) atoms. The van der Waals surface area contributed by atoms with Crippen LogP contribution < -0.4 is 10.1 Å². The van der Waals surface area contributed by atoms with Crippen LogP contribution in [0.5, 0.6) is 5.75 Å². The maximum atomic E-state index is 12.1. The standard InChI is InChI=1S/C14H16N2O3S/c1-9(14-16-11(7-17)8-20-14)13(18)15-10-3-5-12(19-2)6-4-10/h3-6,8-9,17H,7H2,1-2H3,(H,15,18). The van der Waals surface area contributed by atoms with E-state index in [4.69, 9.17) is 9.84 Å². The van der Waals surface area contributed by atoms with Crippen LogP contribution in [0.1, 0.15) is 23.5 Å². The smallest absolute Gasteiger partial charge is 0.234 e. The number of ether oxygens (including phenoxy) is 1. The van der Waals surface area contributed by atoms with Crippen molar-refractivity contribution in [2.75, 3.05) is 12.4 Å². The number of rotatable bonds is 5. The summed E-state index contributed by atoms with van der Waals surface area (Å²) in [6.45, 7) is 1.68. The highest BCUT2D eigenvalue weighted by atomic mass is 32.1. The van der Waals surface area contributed by atoms with Gasteiger partial charge in [0.05, 0.1) is 25.3 Å². The molecule has 0 fully saturated rings. The third-order valence-electron chi connectivity index (χ3n) is 2.85. The summed E-state index contributed by atoms with van der Waals surface area (Å²) in [7, 11) is 1.59. The van der Waals surface area contributed by atoms with Crippen molar-refractivity contribution in [1.82, 2.24) is 4.98 Å². The molecule has 0 aliphatic heterocycles. The van der Waals surface area contributed by atoms with Gasteiger partial charge in [0.15, 0.2) is 0 Å². The lowest BCUT2D eigenvalue weighted by Gasteiger charge is -2.10. The predicted molar refractivity (Wildman–Crippen MR) is 78.1 cm³/mol. The van der Waals surface area contributed by atoms with Crippen LogP contribution in [0.4, 0.5) is 5.69 Å². The molecule has 0 saturated carbocycles. The van der Waals surface area contributed by atoms with E-state index >= 15 is 0 Å². The van der Waals surface area contributed by atoms with Crippen LogP contribution in [0.2, 0.25) is 0 Å². The van der Waals surface area contributed by atoms with Crippen molar-refractivity contribution in [2.24, 2.45) is 0 Å². The average Bonchev–Trinajstić information content (AvgIpc) is 2.96. The fourth-order valence-corrected chi connectivity index (χ4v) is 2.50. The number of aromatic nitrogens is 1. The van der Waals surface area contributed by atoms with Gasteiger partial charge in [0.1, 0.15) is 10.8 Å². The minimum Gasteiger partial charge on any atom is -0.497 e. The predicted octanol–water partition coefficient (Wildman–Crippen LogP) is 2.39. The van der Waals surface area contributed by atoms with Gasteiger partial charge in [-0.25, -0.2) is 4.98 Å². The molecule has 1 aromatic heterocycles. The van der Waals surface area contributed by atoms with Crippen LogP contribution >= 0.6 is 11.3 Å². The topological polar surface area (TPSA) is 71.5 Å². The van der Waals surface area contributed by atoms with E-state index in [2.05, 4.69) is 10.3 Å². The second-order valence-electron chi connectivity index (χ2n) is 4.27. The largest absolute Gasteiger partial charge is 0.497 e. The van der Waals surface area contributed by atoms with E-state index in [1.54, 1.807) is 43.7 Å². The first-order valence-electron chi connectivity index (χ1n) is 6.14. The van der Waals surface area contributed by atoms with Gasteiger partial charge in [0, 0.05) is 11.1 Å². The fourth-order valence-electron chi connectivity index (χ4n) is 1.63. The third-order valence-corrected chi connectivity index (χ3v) is 3.93. The number of nitrogens with one attached hydrogen (secondary N) is 1. The molecule has 0 radical (unpaired) electrons. The van der Waals surface area contributed by atoms with Gasteiger partial charge in [-0.1, -0.05) is 0 Å². The number of benzene rings is 1. The Morgan fingerprint density at radius 1 is 1.45 bits per heavy atom. The number of carbonyl (C=O) groups is 1. The Morgan fingerprint density at radius 2 is 2.15 bits per heavy atom. The van der Waals surface area contributed by atoms with Crippen LogP contribution in [0.3, 0.4) is 0 Å². The van der Waals surface area contributed by atoms with E-state index in [1.807, 2.05) is 0 Å². The van der Waals surface area contributed by atoms with Crippen molar-refractivity contribution in [3.8, 4) is 5.75 Å². The quantitative estimate of drug-likeness (QED) is 0.887. The van der Waals surface area contributed by atoms with E-state index in [0.29, 0.717) is 16.4 Å². The molecule has 1 unspecified atom stereocenters. The van der Waals surface area contributed by atoms with Crippen LogP contribution in [0.25, 0.3) is 0 Å². The highest BCUT2D eigenvalue weighted by Gasteiger charge is 2.18. The average molecular weight is 292 g/mol. The van der Waals surface area contributed by atoms with E-state index < -0.39 is 0 Å². The summed E-state index contributed by atoms with van der Waals surface area (Å²) in [5, 5.41) is 14.3. The summed E-state index contributed by atoms with van der Waals surface area (Å²) >= 11 is 1.38. The molecule has 0 aliphatic carbocycles. The molecule has 0 bridgehead atoms. The maximum absolute atomic E-state index is 12.1. The van der Waals surface area contributed by atoms with Crippen molar-refractivity contribution in [1.29, 1.82) is 0 Å². The van der Waals surface area contributed by atoms with Crippen LogP contribution in [-0.4, -0.2) is 23.1 Å². The minimum absolute atomic E-state index is 0.108. The molecule has 2 rings (SSSR count). The number of anilines is 1. The van der Waals surface area contributed by atoms with E-state index in [-0.39, 0.29) is 18.4 Å². The Bertz CT molecular complexity index is 580. The molecule has 1 atom stereocenters. The lowest BCUT2D eigenvalue weighted by Crippen LogP contribution is -2.18. The Kier molecular flexibility index (Phi) is 4.70. The summed E-state index contributed by atoms with van der Waals surface area (Å²) in [5.41, 5.74) is 1.30. The second kappa shape index (κ2) is 6.49. The molecule has 2 N–H and O–H groups in total. The number of carbonyl (C=O) groups excluding carboxylic acids is 1. The fraction of sp³-hybridized carbons (Fsp3) is 0.286. The van der Waals surface area contributed by atoms with Gasteiger partial charge in [0.25, 0.3) is 0 Å². The van der Waals surface area contributed by atoms with E-state index in [0.717, 1.165) is 5.75 Å². The maximum Gasteiger partial charge on any atom is 0.234 e. The van der Waals surface area contributed by atoms with E-state index in [9.17, 15) is 4.79 Å². The molecule has 0 aliphatic rings. The van der Waals surface area contributed by atoms with Crippen molar-refractivity contribution < 1.29 is 14.6 Å². The molecule has 5 nitrogen and oxygen atoms in total. The number of amides is 1. The summed E-state index contributed by atoms with van der Waals surface area (Å²) in [4.78, 5) is 16.3. The summed E-state index contributed by atoms with van der Waals surface area (Å²) < 4.78 is 5.06. The van der Waals surface area contributed by atoms with Gasteiger partial charge in [0.2, 0.25) is 5.91 Å². The molecule has 1 aromatic carbocycles. The van der Waals surface area contributed by atoms with Crippen LogP contribution in [0.15, 0.2) is 29.6 Å². The molecule has 1 heterocycles. The first kappa shape index (κ1) is 14.5. The molecule has 106 valence electrons. The van der Waals surface area contributed by atoms with Crippen LogP contribution in [-0.2, 0) is 11.4 Å². The lowest BCUT2D eigenvalue weighted by atomic mass is 10.1. The van der Waals surface area contributed by atoms with E-state index in [1.165, 1.54) is 11.3 Å². The lowest BCUT2D eigenvalue weighted by molar-refractivity contribution is -0.117. The molecule has 6 heteroatoms. The number of aliphatic hydroxyl groups excluding tert-OH is 1. The summed E-state index contributed by atoms with van der Waals surface area (Å²) in [5.74, 6) is 0.250. The second-order valence-corrected chi connectivity index (χ2v) is 5.16. The van der Waals surface area contributed by atoms with Gasteiger partial charge >= 0.3 is 0 Å². The molecular weight excluding hydrogens is 276 g/mol. The molecule has 1 amide bonds. The number of aliphatic hydroxyl groups is 1.